The Labute approximate surface area is 95.0 Å². The highest BCUT2D eigenvalue weighted by Gasteiger charge is 2.21. The molecule has 0 aliphatic carbocycles. The molecule has 4 heteroatoms. The first-order chi connectivity index (χ1) is 7.27. The van der Waals surface area contributed by atoms with Crippen LogP contribution < -0.4 is 5.73 Å². The van der Waals surface area contributed by atoms with E-state index >= 15 is 0 Å². The number of nitrogens with two attached hydrogens (primary N) is 1. The van der Waals surface area contributed by atoms with Crippen molar-refractivity contribution in [3.63, 3.8) is 0 Å². The van der Waals surface area contributed by atoms with Gasteiger partial charge in [0.15, 0.2) is 5.75 Å². The molecular formula is C12H17NO3. The zero-order valence-electron chi connectivity index (χ0n) is 10.00. The van der Waals surface area contributed by atoms with E-state index in [9.17, 15) is 9.90 Å². The van der Waals surface area contributed by atoms with Crippen LogP contribution in [0.5, 0.6) is 5.75 Å². The fourth-order valence-electron chi connectivity index (χ4n) is 1.36. The number of methoxy groups -OCH3 is 1. The molecule has 0 atom stereocenters. The number of phenols is 1. The van der Waals surface area contributed by atoms with Gasteiger partial charge in [-0.05, 0) is 23.1 Å². The third kappa shape index (κ3) is 2.27. The standard InChI is InChI=1S/C12H17NO3/c1-12(2,3)7-5-8(11(15)16-4)10(14)9(13)6-7/h5-6,14H,13H2,1-4H3. The largest absolute Gasteiger partial charge is 0.505 e. The van der Waals surface area contributed by atoms with Gasteiger partial charge in [-0.2, -0.15) is 0 Å². The lowest BCUT2D eigenvalue weighted by molar-refractivity contribution is 0.0597. The van der Waals surface area contributed by atoms with Crippen LogP contribution in [0.2, 0.25) is 0 Å². The summed E-state index contributed by atoms with van der Waals surface area (Å²) in [5.74, 6) is -0.810. The van der Waals surface area contributed by atoms with Crippen LogP contribution in [0.15, 0.2) is 12.1 Å². The summed E-state index contributed by atoms with van der Waals surface area (Å²) in [6.45, 7) is 6.00. The van der Waals surface area contributed by atoms with E-state index < -0.39 is 5.97 Å². The van der Waals surface area contributed by atoms with E-state index in [1.807, 2.05) is 20.8 Å². The second-order valence-electron chi connectivity index (χ2n) is 4.70. The number of phenolic OH excluding ortho intramolecular Hbond substituents is 1. The average Bonchev–Trinajstić information content (AvgIpc) is 2.19. The Hall–Kier alpha value is -1.71. The number of carbonyl (C=O) groups excluding carboxylic acids is 1. The van der Waals surface area contributed by atoms with Crippen LogP contribution in [0, 0.1) is 0 Å². The lowest BCUT2D eigenvalue weighted by Crippen LogP contribution is -2.14. The zero-order valence-corrected chi connectivity index (χ0v) is 10.00. The molecule has 0 amide bonds. The topological polar surface area (TPSA) is 72.5 Å². The zero-order chi connectivity index (χ0) is 12.5. The number of aromatic hydroxyl groups is 1. The molecule has 0 radical (unpaired) electrons. The second kappa shape index (κ2) is 4.04. The van der Waals surface area contributed by atoms with Crippen LogP contribution in [0.3, 0.4) is 0 Å². The summed E-state index contributed by atoms with van der Waals surface area (Å²) in [5.41, 5.74) is 6.67. The third-order valence-electron chi connectivity index (χ3n) is 2.41. The van der Waals surface area contributed by atoms with Crippen LogP contribution in [0.25, 0.3) is 0 Å². The maximum Gasteiger partial charge on any atom is 0.341 e. The summed E-state index contributed by atoms with van der Waals surface area (Å²) in [6, 6.07) is 3.28. The summed E-state index contributed by atoms with van der Waals surface area (Å²) < 4.78 is 4.59. The molecule has 0 fully saturated rings. The van der Waals surface area contributed by atoms with Gasteiger partial charge in [-0.1, -0.05) is 20.8 Å². The minimum atomic E-state index is -0.588. The Bertz CT molecular complexity index is 419. The molecule has 0 bridgehead atoms. The van der Waals surface area contributed by atoms with Crippen LogP contribution in [-0.4, -0.2) is 18.2 Å². The first-order valence-corrected chi connectivity index (χ1v) is 4.98. The smallest absolute Gasteiger partial charge is 0.341 e. The van der Waals surface area contributed by atoms with Gasteiger partial charge >= 0.3 is 5.97 Å². The number of benzene rings is 1. The summed E-state index contributed by atoms with van der Waals surface area (Å²) in [7, 11) is 1.27. The number of nitrogen functional groups attached to an aromatic ring is 1. The van der Waals surface area contributed by atoms with Crippen LogP contribution >= 0.6 is 0 Å². The molecule has 1 aromatic carbocycles. The maximum absolute atomic E-state index is 11.4. The first-order valence-electron chi connectivity index (χ1n) is 4.98. The van der Waals surface area contributed by atoms with Crippen molar-refractivity contribution in [2.24, 2.45) is 0 Å². The highest BCUT2D eigenvalue weighted by Crippen LogP contribution is 2.32. The molecule has 0 unspecified atom stereocenters. The molecule has 1 rings (SSSR count). The van der Waals surface area contributed by atoms with Crippen molar-refractivity contribution in [1.82, 2.24) is 0 Å². The molecule has 0 saturated carbocycles. The summed E-state index contributed by atoms with van der Waals surface area (Å²) >= 11 is 0. The van der Waals surface area contributed by atoms with E-state index in [2.05, 4.69) is 4.74 Å². The monoisotopic (exact) mass is 223 g/mol. The number of hydrogen-bond donors (Lipinski definition) is 2. The SMILES string of the molecule is COC(=O)c1cc(C(C)(C)C)cc(N)c1O. The fraction of sp³-hybridized carbons (Fsp3) is 0.417. The molecule has 0 spiro atoms. The Balaban J connectivity index is 3.39. The number of rotatable bonds is 1. The van der Waals surface area contributed by atoms with Crippen LogP contribution in [-0.2, 0) is 10.2 Å². The minimum absolute atomic E-state index is 0.104. The molecular weight excluding hydrogens is 206 g/mol. The lowest BCUT2D eigenvalue weighted by Gasteiger charge is -2.20. The highest BCUT2D eigenvalue weighted by molar-refractivity contribution is 5.94. The molecule has 16 heavy (non-hydrogen) atoms. The summed E-state index contributed by atoms with van der Waals surface area (Å²) in [6.07, 6.45) is 0. The predicted octanol–water partition coefficient (Wildman–Crippen LogP) is 2.06. The van der Waals surface area contributed by atoms with Crippen molar-refractivity contribution in [3.8, 4) is 5.75 Å². The normalized spacial score (nSPS) is 11.2. The molecule has 0 heterocycles. The molecule has 0 aromatic heterocycles. The van der Waals surface area contributed by atoms with Crippen molar-refractivity contribution in [2.45, 2.75) is 26.2 Å². The quantitative estimate of drug-likeness (QED) is 0.434. The van der Waals surface area contributed by atoms with Gasteiger partial charge in [0, 0.05) is 0 Å². The molecule has 1 aromatic rings. The van der Waals surface area contributed by atoms with Crippen molar-refractivity contribution in [3.05, 3.63) is 23.3 Å². The first kappa shape index (κ1) is 12.4. The Morgan fingerprint density at radius 1 is 1.38 bits per heavy atom. The van der Waals surface area contributed by atoms with Gasteiger partial charge in [0.25, 0.3) is 0 Å². The number of hydrogen-bond acceptors (Lipinski definition) is 4. The van der Waals surface area contributed by atoms with Crippen molar-refractivity contribution in [1.29, 1.82) is 0 Å². The van der Waals surface area contributed by atoms with Gasteiger partial charge in [-0.15, -0.1) is 0 Å². The molecule has 0 aliphatic heterocycles. The molecule has 4 nitrogen and oxygen atoms in total. The fourth-order valence-corrected chi connectivity index (χ4v) is 1.36. The van der Waals surface area contributed by atoms with Crippen molar-refractivity contribution < 1.29 is 14.6 Å². The van der Waals surface area contributed by atoms with Gasteiger partial charge < -0.3 is 15.6 Å². The summed E-state index contributed by atoms with van der Waals surface area (Å²) in [5, 5.41) is 9.66. The Morgan fingerprint density at radius 2 is 1.94 bits per heavy atom. The van der Waals surface area contributed by atoms with Gasteiger partial charge in [0.1, 0.15) is 5.56 Å². The molecule has 3 N–H and O–H groups in total. The van der Waals surface area contributed by atoms with E-state index in [4.69, 9.17) is 5.73 Å². The lowest BCUT2D eigenvalue weighted by atomic mass is 9.85. The number of esters is 1. The molecule has 0 aliphatic rings. The number of carbonyl (C=O) groups is 1. The van der Waals surface area contributed by atoms with Gasteiger partial charge in [-0.3, -0.25) is 0 Å². The van der Waals surface area contributed by atoms with E-state index in [0.29, 0.717) is 0 Å². The van der Waals surface area contributed by atoms with Crippen LogP contribution in [0.1, 0.15) is 36.7 Å². The van der Waals surface area contributed by atoms with Gasteiger partial charge in [-0.25, -0.2) is 4.79 Å². The molecule has 88 valence electrons. The Kier molecular flexibility index (Phi) is 3.12. The summed E-state index contributed by atoms with van der Waals surface area (Å²) in [4.78, 5) is 11.4. The van der Waals surface area contributed by atoms with Gasteiger partial charge in [0.2, 0.25) is 0 Å². The van der Waals surface area contributed by atoms with E-state index in [-0.39, 0.29) is 22.4 Å². The maximum atomic E-state index is 11.4. The third-order valence-corrected chi connectivity index (χ3v) is 2.41. The Morgan fingerprint density at radius 3 is 2.38 bits per heavy atom. The number of ether oxygens (including phenoxy) is 1. The van der Waals surface area contributed by atoms with Crippen LogP contribution in [0.4, 0.5) is 5.69 Å². The van der Waals surface area contributed by atoms with Gasteiger partial charge in [0.05, 0.1) is 12.8 Å². The van der Waals surface area contributed by atoms with E-state index in [1.54, 1.807) is 12.1 Å². The van der Waals surface area contributed by atoms with E-state index in [1.165, 1.54) is 7.11 Å². The van der Waals surface area contributed by atoms with Crippen molar-refractivity contribution >= 4 is 11.7 Å². The molecule has 0 saturated heterocycles. The van der Waals surface area contributed by atoms with E-state index in [0.717, 1.165) is 5.56 Å². The highest BCUT2D eigenvalue weighted by atomic mass is 16.5. The average molecular weight is 223 g/mol. The second-order valence-corrected chi connectivity index (χ2v) is 4.70. The van der Waals surface area contributed by atoms with Crippen molar-refractivity contribution in [2.75, 3.05) is 12.8 Å². The predicted molar refractivity (Wildman–Crippen MR) is 62.6 cm³/mol. The number of anilines is 1. The minimum Gasteiger partial charge on any atom is -0.505 e.